The maximum absolute atomic E-state index is 10.1. The lowest BCUT2D eigenvalue weighted by Crippen LogP contribution is -2.24. The molecule has 0 aromatic heterocycles. The van der Waals surface area contributed by atoms with Crippen LogP contribution < -0.4 is 9.47 Å². The first kappa shape index (κ1) is 13.7. The molecule has 1 aliphatic heterocycles. The molecule has 104 valence electrons. The van der Waals surface area contributed by atoms with Crippen LogP contribution in [0.5, 0.6) is 11.5 Å². The van der Waals surface area contributed by atoms with Crippen molar-refractivity contribution in [3.05, 3.63) is 23.8 Å². The van der Waals surface area contributed by atoms with Gasteiger partial charge in [-0.3, -0.25) is 4.79 Å². The largest absolute Gasteiger partial charge is 0.493 e. The third-order valence-corrected chi connectivity index (χ3v) is 3.05. The van der Waals surface area contributed by atoms with Crippen LogP contribution in [-0.4, -0.2) is 25.3 Å². The summed E-state index contributed by atoms with van der Waals surface area (Å²) < 4.78 is 16.4. The second-order valence-electron chi connectivity index (χ2n) is 5.62. The molecule has 0 aliphatic carbocycles. The Bertz CT molecular complexity index is 453. The van der Waals surface area contributed by atoms with Crippen LogP contribution in [0.25, 0.3) is 0 Å². The van der Waals surface area contributed by atoms with Gasteiger partial charge >= 0.3 is 0 Å². The van der Waals surface area contributed by atoms with Crippen LogP contribution in [-0.2, 0) is 16.0 Å². The van der Waals surface area contributed by atoms with Crippen LogP contribution in [0, 0.1) is 5.92 Å². The normalized spacial score (nSPS) is 17.2. The molecule has 0 N–H and O–H groups in total. The van der Waals surface area contributed by atoms with E-state index in [2.05, 4.69) is 13.8 Å². The molecular weight excluding hydrogens is 244 g/mol. The van der Waals surface area contributed by atoms with Crippen molar-refractivity contribution in [2.75, 3.05) is 13.2 Å². The molecule has 1 aromatic carbocycles. The highest BCUT2D eigenvalue weighted by Crippen LogP contribution is 2.40. The number of rotatable bonds is 6. The van der Waals surface area contributed by atoms with Crippen molar-refractivity contribution in [1.82, 2.24) is 0 Å². The third kappa shape index (κ3) is 3.40. The van der Waals surface area contributed by atoms with Gasteiger partial charge in [0.2, 0.25) is 0 Å². The van der Waals surface area contributed by atoms with Gasteiger partial charge in [0.1, 0.15) is 17.1 Å². The Labute approximate surface area is 113 Å². The second kappa shape index (κ2) is 5.51. The van der Waals surface area contributed by atoms with E-state index in [9.17, 15) is 4.79 Å². The standard InChI is InChI=1S/C15H20O4/c1-11(8-17-10-16)9-18-13-5-4-6-14-12(13)7-15(2,3)19-14/h4-6,10-11H,7-9H2,1-3H3/t11-/m1/s1. The average molecular weight is 264 g/mol. The minimum atomic E-state index is -0.173. The monoisotopic (exact) mass is 264 g/mol. The van der Waals surface area contributed by atoms with E-state index in [1.54, 1.807) is 0 Å². The van der Waals surface area contributed by atoms with E-state index in [1.807, 2.05) is 25.1 Å². The van der Waals surface area contributed by atoms with Crippen molar-refractivity contribution in [1.29, 1.82) is 0 Å². The lowest BCUT2D eigenvalue weighted by molar-refractivity contribution is -0.130. The summed E-state index contributed by atoms with van der Waals surface area (Å²) in [6.45, 7) is 7.47. The fourth-order valence-corrected chi connectivity index (χ4v) is 2.19. The van der Waals surface area contributed by atoms with Gasteiger partial charge in [-0.2, -0.15) is 0 Å². The molecule has 0 unspecified atom stereocenters. The Morgan fingerprint density at radius 3 is 2.95 bits per heavy atom. The summed E-state index contributed by atoms with van der Waals surface area (Å²) in [5.74, 6) is 1.93. The minimum Gasteiger partial charge on any atom is -0.493 e. The molecule has 0 spiro atoms. The van der Waals surface area contributed by atoms with Crippen molar-refractivity contribution >= 4 is 6.47 Å². The Morgan fingerprint density at radius 1 is 1.42 bits per heavy atom. The first-order valence-electron chi connectivity index (χ1n) is 6.51. The van der Waals surface area contributed by atoms with Gasteiger partial charge in [0, 0.05) is 17.9 Å². The molecule has 0 fully saturated rings. The van der Waals surface area contributed by atoms with Gasteiger partial charge in [-0.1, -0.05) is 13.0 Å². The molecule has 0 radical (unpaired) electrons. The van der Waals surface area contributed by atoms with Gasteiger partial charge in [-0.25, -0.2) is 0 Å². The molecule has 1 heterocycles. The van der Waals surface area contributed by atoms with E-state index in [0.29, 0.717) is 19.7 Å². The summed E-state index contributed by atoms with van der Waals surface area (Å²) in [7, 11) is 0. The number of fused-ring (bicyclic) bond motifs is 1. The summed E-state index contributed by atoms with van der Waals surface area (Å²) in [6.07, 6.45) is 0.845. The van der Waals surface area contributed by atoms with Gasteiger partial charge in [-0.05, 0) is 26.0 Å². The van der Waals surface area contributed by atoms with Crippen molar-refractivity contribution in [3.8, 4) is 11.5 Å². The molecule has 0 bridgehead atoms. The molecule has 4 nitrogen and oxygen atoms in total. The van der Waals surface area contributed by atoms with Crippen LogP contribution in [0.2, 0.25) is 0 Å². The van der Waals surface area contributed by atoms with Crippen molar-refractivity contribution in [3.63, 3.8) is 0 Å². The van der Waals surface area contributed by atoms with Crippen molar-refractivity contribution < 1.29 is 19.0 Å². The third-order valence-electron chi connectivity index (χ3n) is 3.05. The molecular formula is C15H20O4. The van der Waals surface area contributed by atoms with Crippen molar-refractivity contribution in [2.24, 2.45) is 5.92 Å². The highest BCUT2D eigenvalue weighted by molar-refractivity contribution is 5.48. The zero-order valence-corrected chi connectivity index (χ0v) is 11.6. The first-order chi connectivity index (χ1) is 9.02. The van der Waals surface area contributed by atoms with Crippen LogP contribution in [0.4, 0.5) is 0 Å². The lowest BCUT2D eigenvalue weighted by Gasteiger charge is -2.16. The van der Waals surface area contributed by atoms with E-state index in [4.69, 9.17) is 14.2 Å². The molecule has 0 saturated heterocycles. The zero-order chi connectivity index (χ0) is 13.9. The number of hydrogen-bond acceptors (Lipinski definition) is 4. The number of carbonyl (C=O) groups excluding carboxylic acids is 1. The van der Waals surface area contributed by atoms with E-state index >= 15 is 0 Å². The predicted molar refractivity (Wildman–Crippen MR) is 71.5 cm³/mol. The molecule has 1 aromatic rings. The Balaban J connectivity index is 1.99. The summed E-state index contributed by atoms with van der Waals surface area (Å²) in [5, 5.41) is 0. The lowest BCUT2D eigenvalue weighted by atomic mass is 10.0. The van der Waals surface area contributed by atoms with Gasteiger partial charge in [0.05, 0.1) is 13.2 Å². The van der Waals surface area contributed by atoms with Crippen LogP contribution in [0.3, 0.4) is 0 Å². The fourth-order valence-electron chi connectivity index (χ4n) is 2.19. The van der Waals surface area contributed by atoms with E-state index < -0.39 is 0 Å². The Hall–Kier alpha value is -1.71. The Kier molecular flexibility index (Phi) is 3.98. The van der Waals surface area contributed by atoms with E-state index in [0.717, 1.165) is 23.5 Å². The Morgan fingerprint density at radius 2 is 2.21 bits per heavy atom. The van der Waals surface area contributed by atoms with Gasteiger partial charge < -0.3 is 14.2 Å². The summed E-state index contributed by atoms with van der Waals surface area (Å²) in [5.41, 5.74) is 0.949. The number of benzene rings is 1. The molecule has 1 aliphatic rings. The number of carbonyl (C=O) groups is 1. The minimum absolute atomic E-state index is 0.163. The predicted octanol–water partition coefficient (Wildman–Crippen LogP) is 2.59. The van der Waals surface area contributed by atoms with Crippen LogP contribution in [0.15, 0.2) is 18.2 Å². The van der Waals surface area contributed by atoms with E-state index in [-0.39, 0.29) is 11.5 Å². The van der Waals surface area contributed by atoms with Crippen molar-refractivity contribution in [2.45, 2.75) is 32.8 Å². The molecule has 1 atom stereocenters. The quantitative estimate of drug-likeness (QED) is 0.741. The number of hydrogen-bond donors (Lipinski definition) is 0. The zero-order valence-electron chi connectivity index (χ0n) is 11.6. The van der Waals surface area contributed by atoms with Crippen LogP contribution in [0.1, 0.15) is 26.3 Å². The first-order valence-corrected chi connectivity index (χ1v) is 6.51. The van der Waals surface area contributed by atoms with Gasteiger partial charge in [0.25, 0.3) is 6.47 Å². The molecule has 2 rings (SSSR count). The fraction of sp³-hybridized carbons (Fsp3) is 0.533. The molecule has 0 amide bonds. The average Bonchev–Trinajstić information content (AvgIpc) is 2.68. The van der Waals surface area contributed by atoms with Gasteiger partial charge in [0.15, 0.2) is 0 Å². The number of ether oxygens (including phenoxy) is 3. The highest BCUT2D eigenvalue weighted by Gasteiger charge is 2.32. The highest BCUT2D eigenvalue weighted by atomic mass is 16.5. The summed E-state index contributed by atoms with van der Waals surface area (Å²) in [4.78, 5) is 10.1. The topological polar surface area (TPSA) is 44.8 Å². The van der Waals surface area contributed by atoms with E-state index in [1.165, 1.54) is 0 Å². The smallest absolute Gasteiger partial charge is 0.293 e. The molecule has 0 saturated carbocycles. The maximum Gasteiger partial charge on any atom is 0.293 e. The maximum atomic E-state index is 10.1. The van der Waals surface area contributed by atoms with Gasteiger partial charge in [-0.15, -0.1) is 0 Å². The molecule has 19 heavy (non-hydrogen) atoms. The summed E-state index contributed by atoms with van der Waals surface area (Å²) in [6, 6.07) is 5.86. The SMILES string of the molecule is C[C@H](COC=O)COc1cccc2c1CC(C)(C)O2. The second-order valence-corrected chi connectivity index (χ2v) is 5.62. The molecule has 4 heteroatoms. The van der Waals surface area contributed by atoms with Crippen LogP contribution >= 0.6 is 0 Å². The summed E-state index contributed by atoms with van der Waals surface area (Å²) >= 11 is 0.